The number of pyridine rings is 1. The number of hydrogen-bond donors (Lipinski definition) is 6. The van der Waals surface area contributed by atoms with E-state index in [1.54, 1.807) is 24.3 Å². The Bertz CT molecular complexity index is 1700. The van der Waals surface area contributed by atoms with Gasteiger partial charge in [-0.25, -0.2) is 9.78 Å². The third kappa shape index (κ3) is 8.28. The maximum atomic E-state index is 13.4. The van der Waals surface area contributed by atoms with E-state index in [1.807, 2.05) is 20.6 Å². The lowest BCUT2D eigenvalue weighted by Crippen LogP contribution is -2.30. The number of amidine groups is 1. The lowest BCUT2D eigenvalue weighted by Gasteiger charge is -2.18. The standard InChI is InChI=1S/C30H30N6O7.CH2O/c1-15(2)12-22(29-35-23(37)14-43-29)34-27(38)17-6-9-19(21(13-17)30(40)41)20-10-11-24(42-3)36-25(20)28(39)33-18-7-4-16(5-8-18)26(31)32;1-2/h4-11,13-15,22,37H,12H2,1-3H3,(H3,31,32)(H,33,39)(H,34,38)(H,40,41);1H2/t22-;/m0./s1. The van der Waals surface area contributed by atoms with Gasteiger partial charge in [0.25, 0.3) is 17.7 Å². The maximum absolute atomic E-state index is 13.4. The summed E-state index contributed by atoms with van der Waals surface area (Å²) in [5.41, 5.74) is 6.39. The number of ether oxygens (including phenoxy) is 1. The molecule has 1 atom stereocenters. The SMILES string of the molecule is C=O.COc1ccc(-c2ccc(C(=O)N[C@@H](CC(C)C)c3nc(O)co3)cc2C(=O)O)c(C(=O)Nc2ccc(C(=N)N)cc2)n1. The lowest BCUT2D eigenvalue weighted by atomic mass is 9.95. The first-order valence-electron chi connectivity index (χ1n) is 13.4. The summed E-state index contributed by atoms with van der Waals surface area (Å²) < 4.78 is 10.5. The molecule has 0 aliphatic rings. The fourth-order valence-electron chi connectivity index (χ4n) is 4.34. The molecule has 14 heteroatoms. The smallest absolute Gasteiger partial charge is 0.336 e. The summed E-state index contributed by atoms with van der Waals surface area (Å²) >= 11 is 0. The van der Waals surface area contributed by atoms with Crippen molar-refractivity contribution in [1.82, 2.24) is 15.3 Å². The summed E-state index contributed by atoms with van der Waals surface area (Å²) in [4.78, 5) is 55.1. The minimum atomic E-state index is -1.33. The predicted molar refractivity (Wildman–Crippen MR) is 164 cm³/mol. The fourth-order valence-corrected chi connectivity index (χ4v) is 4.34. The van der Waals surface area contributed by atoms with E-state index in [1.165, 1.54) is 37.4 Å². The van der Waals surface area contributed by atoms with Crippen LogP contribution in [0.2, 0.25) is 0 Å². The third-order valence-corrected chi connectivity index (χ3v) is 6.37. The number of aromatic nitrogens is 2. The van der Waals surface area contributed by atoms with Crippen molar-refractivity contribution in [3.05, 3.63) is 89.1 Å². The van der Waals surface area contributed by atoms with Crippen LogP contribution < -0.4 is 21.1 Å². The molecule has 2 aromatic carbocycles. The van der Waals surface area contributed by atoms with Gasteiger partial charge in [0.15, 0.2) is 6.26 Å². The van der Waals surface area contributed by atoms with Crippen molar-refractivity contribution in [2.75, 3.05) is 12.4 Å². The second kappa shape index (κ2) is 14.9. The third-order valence-electron chi connectivity index (χ3n) is 6.37. The Labute approximate surface area is 257 Å². The van der Waals surface area contributed by atoms with Crippen molar-refractivity contribution in [2.24, 2.45) is 11.7 Å². The number of carbonyl (C=O) groups is 4. The summed E-state index contributed by atoms with van der Waals surface area (Å²) in [5, 5.41) is 32.7. The number of carboxylic acid groups (broad SMARTS) is 1. The number of carboxylic acids is 1. The first-order valence-corrected chi connectivity index (χ1v) is 13.4. The van der Waals surface area contributed by atoms with Crippen molar-refractivity contribution >= 4 is 36.1 Å². The molecule has 45 heavy (non-hydrogen) atoms. The number of nitrogen functional groups attached to an aromatic ring is 1. The van der Waals surface area contributed by atoms with E-state index in [4.69, 9.17) is 25.1 Å². The highest BCUT2D eigenvalue weighted by Crippen LogP contribution is 2.31. The van der Waals surface area contributed by atoms with Gasteiger partial charge in [-0.2, -0.15) is 4.98 Å². The van der Waals surface area contributed by atoms with Crippen LogP contribution in [0.1, 0.15) is 69.0 Å². The second-order valence-electron chi connectivity index (χ2n) is 9.96. The van der Waals surface area contributed by atoms with Gasteiger partial charge in [-0.15, -0.1) is 0 Å². The van der Waals surface area contributed by atoms with Crippen molar-refractivity contribution in [2.45, 2.75) is 26.3 Å². The fraction of sp³-hybridized carbons (Fsp3) is 0.194. The number of hydrogen-bond acceptors (Lipinski definition) is 10. The van der Waals surface area contributed by atoms with E-state index >= 15 is 0 Å². The van der Waals surface area contributed by atoms with E-state index in [2.05, 4.69) is 20.6 Å². The first-order chi connectivity index (χ1) is 21.5. The second-order valence-corrected chi connectivity index (χ2v) is 9.96. The lowest BCUT2D eigenvalue weighted by molar-refractivity contribution is -0.0980. The average molecular weight is 617 g/mol. The zero-order valence-electron chi connectivity index (χ0n) is 24.7. The van der Waals surface area contributed by atoms with Gasteiger partial charge in [0.1, 0.15) is 24.4 Å². The van der Waals surface area contributed by atoms with Gasteiger partial charge in [0.2, 0.25) is 11.8 Å². The van der Waals surface area contributed by atoms with Crippen molar-refractivity contribution < 1.29 is 38.5 Å². The molecule has 0 saturated heterocycles. The molecule has 234 valence electrons. The van der Waals surface area contributed by atoms with Crippen LogP contribution in [0.4, 0.5) is 5.69 Å². The molecule has 14 nitrogen and oxygen atoms in total. The molecule has 2 heterocycles. The number of rotatable bonds is 11. The molecule has 0 spiro atoms. The quantitative estimate of drug-likeness (QED) is 0.104. The number of benzene rings is 2. The van der Waals surface area contributed by atoms with E-state index < -0.39 is 23.8 Å². The number of amides is 2. The van der Waals surface area contributed by atoms with Crippen LogP contribution in [0.25, 0.3) is 11.1 Å². The maximum Gasteiger partial charge on any atom is 0.336 e. The summed E-state index contributed by atoms with van der Waals surface area (Å²) in [6.45, 7) is 5.88. The predicted octanol–water partition coefficient (Wildman–Crippen LogP) is 4.02. The highest BCUT2D eigenvalue weighted by atomic mass is 16.5. The molecule has 2 aromatic heterocycles. The highest BCUT2D eigenvalue weighted by Gasteiger charge is 2.25. The molecule has 0 unspecified atom stereocenters. The monoisotopic (exact) mass is 616 g/mol. The molecule has 0 saturated carbocycles. The molecule has 0 fully saturated rings. The number of nitrogens with zero attached hydrogens (tertiary/aromatic N) is 2. The summed E-state index contributed by atoms with van der Waals surface area (Å²) in [6.07, 6.45) is 1.51. The number of nitrogens with one attached hydrogen (secondary N) is 3. The van der Waals surface area contributed by atoms with Crippen LogP contribution in [-0.4, -0.2) is 57.7 Å². The number of oxazole rings is 1. The molecule has 4 rings (SSSR count). The molecule has 0 bridgehead atoms. The highest BCUT2D eigenvalue weighted by molar-refractivity contribution is 6.10. The van der Waals surface area contributed by atoms with Crippen molar-refractivity contribution in [3.8, 4) is 22.9 Å². The Morgan fingerprint density at radius 3 is 2.20 bits per heavy atom. The number of nitrogens with two attached hydrogens (primary N) is 1. The largest absolute Gasteiger partial charge is 0.491 e. The molecule has 2 amide bonds. The summed E-state index contributed by atoms with van der Waals surface area (Å²) in [6, 6.07) is 12.7. The van der Waals surface area contributed by atoms with Crippen LogP contribution in [0.3, 0.4) is 0 Å². The van der Waals surface area contributed by atoms with Crippen LogP contribution >= 0.6 is 0 Å². The van der Waals surface area contributed by atoms with Crippen LogP contribution in [0.5, 0.6) is 11.8 Å². The Morgan fingerprint density at radius 1 is 1.00 bits per heavy atom. The van der Waals surface area contributed by atoms with E-state index in [-0.39, 0.29) is 57.4 Å². The topological polar surface area (TPSA) is 231 Å². The Morgan fingerprint density at radius 2 is 1.64 bits per heavy atom. The van der Waals surface area contributed by atoms with Gasteiger partial charge in [-0.1, -0.05) is 19.9 Å². The average Bonchev–Trinajstić information content (AvgIpc) is 3.47. The summed E-state index contributed by atoms with van der Waals surface area (Å²) in [5.74, 6) is -2.63. The van der Waals surface area contributed by atoms with Gasteiger partial charge >= 0.3 is 5.97 Å². The number of methoxy groups -OCH3 is 1. The number of anilines is 1. The molecular formula is C31H32N6O8. The number of carbonyl (C=O) groups excluding carboxylic acids is 3. The van der Waals surface area contributed by atoms with E-state index in [9.17, 15) is 24.6 Å². The Hall–Kier alpha value is -6.05. The zero-order chi connectivity index (χ0) is 33.3. The minimum absolute atomic E-state index is 0.0451. The van der Waals surface area contributed by atoms with Crippen LogP contribution in [0.15, 0.2) is 65.3 Å². The zero-order valence-corrected chi connectivity index (χ0v) is 24.7. The van der Waals surface area contributed by atoms with Gasteiger partial charge < -0.3 is 40.5 Å². The van der Waals surface area contributed by atoms with Gasteiger partial charge in [0, 0.05) is 28.4 Å². The summed E-state index contributed by atoms with van der Waals surface area (Å²) in [7, 11) is 1.38. The molecular weight excluding hydrogens is 584 g/mol. The number of aromatic hydroxyl groups is 1. The van der Waals surface area contributed by atoms with Crippen molar-refractivity contribution in [1.29, 1.82) is 5.41 Å². The first kappa shape index (κ1) is 33.5. The molecule has 7 N–H and O–H groups in total. The van der Waals surface area contributed by atoms with E-state index in [0.717, 1.165) is 6.26 Å². The van der Waals surface area contributed by atoms with Gasteiger partial charge in [0.05, 0.1) is 12.7 Å². The Kier molecular flexibility index (Phi) is 11.1. The Balaban J connectivity index is 0.00000271. The minimum Gasteiger partial charge on any atom is -0.491 e. The molecule has 0 radical (unpaired) electrons. The number of aromatic carboxylic acids is 1. The van der Waals surface area contributed by atoms with Gasteiger partial charge in [-0.3, -0.25) is 15.0 Å². The van der Waals surface area contributed by atoms with Crippen molar-refractivity contribution in [3.63, 3.8) is 0 Å². The molecule has 0 aliphatic heterocycles. The van der Waals surface area contributed by atoms with Crippen LogP contribution in [0, 0.1) is 11.3 Å². The molecule has 0 aliphatic carbocycles. The van der Waals surface area contributed by atoms with Crippen LogP contribution in [-0.2, 0) is 4.79 Å². The molecule has 4 aromatic rings. The normalized spacial score (nSPS) is 11.1. The van der Waals surface area contributed by atoms with E-state index in [0.29, 0.717) is 17.7 Å². The van der Waals surface area contributed by atoms with Gasteiger partial charge in [-0.05, 0) is 60.4 Å².